The first-order chi connectivity index (χ1) is 13.4. The van der Waals surface area contributed by atoms with E-state index in [2.05, 4.69) is 32.5 Å². The molecule has 3 aromatic rings. The van der Waals surface area contributed by atoms with E-state index in [1.54, 1.807) is 43.5 Å². The predicted octanol–water partition coefficient (Wildman–Crippen LogP) is 5.65. The summed E-state index contributed by atoms with van der Waals surface area (Å²) in [7, 11) is 1.55. The van der Waals surface area contributed by atoms with E-state index in [4.69, 9.17) is 32.7 Å². The summed E-state index contributed by atoms with van der Waals surface area (Å²) in [6.45, 7) is 3.98. The lowest BCUT2D eigenvalue weighted by molar-refractivity contribution is 0.324. The maximum absolute atomic E-state index is 12.3. The van der Waals surface area contributed by atoms with E-state index in [1.165, 1.54) is 0 Å². The van der Waals surface area contributed by atoms with Gasteiger partial charge < -0.3 is 14.5 Å². The number of aromatic amines is 1. The Balaban J connectivity index is 2.04. The molecule has 0 unspecified atom stereocenters. The average molecular weight is 482 g/mol. The molecule has 0 bridgehead atoms. The monoisotopic (exact) mass is 480 g/mol. The molecule has 1 N–H and O–H groups in total. The fourth-order valence-electron chi connectivity index (χ4n) is 2.55. The summed E-state index contributed by atoms with van der Waals surface area (Å²) in [5.74, 6) is 1.32. The van der Waals surface area contributed by atoms with Crippen molar-refractivity contribution in [3.05, 3.63) is 74.2 Å². The van der Waals surface area contributed by atoms with Crippen molar-refractivity contribution < 1.29 is 9.47 Å². The maximum atomic E-state index is 12.3. The van der Waals surface area contributed by atoms with Crippen LogP contribution in [0, 0.1) is 0 Å². The minimum Gasteiger partial charge on any atom is -0.493 e. The summed E-state index contributed by atoms with van der Waals surface area (Å²) in [5, 5.41) is 1.18. The second kappa shape index (κ2) is 8.82. The molecule has 144 valence electrons. The number of ether oxygens (including phenoxy) is 2. The number of benzene rings is 2. The van der Waals surface area contributed by atoms with Gasteiger partial charge >= 0.3 is 0 Å². The van der Waals surface area contributed by atoms with E-state index >= 15 is 0 Å². The zero-order valence-corrected chi connectivity index (χ0v) is 17.9. The molecule has 1 heterocycles. The van der Waals surface area contributed by atoms with Gasteiger partial charge in [0.1, 0.15) is 6.61 Å². The van der Waals surface area contributed by atoms with Gasteiger partial charge in [-0.3, -0.25) is 4.79 Å². The van der Waals surface area contributed by atoms with Crippen molar-refractivity contribution in [3.8, 4) is 11.5 Å². The third-order valence-electron chi connectivity index (χ3n) is 3.79. The quantitative estimate of drug-likeness (QED) is 0.462. The third-order valence-corrected chi connectivity index (χ3v) is 4.90. The van der Waals surface area contributed by atoms with Gasteiger partial charge in [0.05, 0.1) is 27.5 Å². The van der Waals surface area contributed by atoms with Crippen LogP contribution in [0.1, 0.15) is 11.4 Å². The molecule has 5 nitrogen and oxygen atoms in total. The van der Waals surface area contributed by atoms with E-state index in [9.17, 15) is 4.79 Å². The fourth-order valence-corrected chi connectivity index (χ4v) is 3.50. The van der Waals surface area contributed by atoms with Crippen LogP contribution in [0.4, 0.5) is 0 Å². The van der Waals surface area contributed by atoms with Gasteiger partial charge in [-0.2, -0.15) is 0 Å². The lowest BCUT2D eigenvalue weighted by Crippen LogP contribution is -2.10. The number of fused-ring (bicyclic) bond motifs is 1. The number of aromatic nitrogens is 2. The Morgan fingerprint density at radius 3 is 2.86 bits per heavy atom. The van der Waals surface area contributed by atoms with Gasteiger partial charge in [0.25, 0.3) is 5.56 Å². The van der Waals surface area contributed by atoms with Crippen molar-refractivity contribution in [1.29, 1.82) is 0 Å². The maximum Gasteiger partial charge on any atom is 0.259 e. The molecule has 0 saturated carbocycles. The number of nitrogens with zero attached hydrogens (tertiary/aromatic N) is 1. The highest BCUT2D eigenvalue weighted by molar-refractivity contribution is 9.10. The standard InChI is InChI=1S/C20H15BrCl2N2O3/c1-3-6-28-18-14(21)7-11(9-17(18)27-2)8-15(23)19-24-16-10-12(22)4-5-13(16)20(26)25-19/h3-5,7-10H,1,6H2,2H3,(H,24,25,26)/b15-8+. The Bertz CT molecular complexity index is 1140. The van der Waals surface area contributed by atoms with Crippen LogP contribution in [0.25, 0.3) is 22.0 Å². The topological polar surface area (TPSA) is 64.2 Å². The number of halogens is 3. The summed E-state index contributed by atoms with van der Waals surface area (Å²) < 4.78 is 11.7. The largest absolute Gasteiger partial charge is 0.493 e. The average Bonchev–Trinajstić information content (AvgIpc) is 2.66. The van der Waals surface area contributed by atoms with Crippen molar-refractivity contribution in [2.45, 2.75) is 0 Å². The molecule has 0 aliphatic rings. The van der Waals surface area contributed by atoms with Crippen LogP contribution in [-0.2, 0) is 0 Å². The van der Waals surface area contributed by atoms with Crippen LogP contribution in [0.2, 0.25) is 5.02 Å². The van der Waals surface area contributed by atoms with Crippen molar-refractivity contribution in [2.24, 2.45) is 0 Å². The fraction of sp³-hybridized carbons (Fsp3) is 0.100. The molecule has 0 fully saturated rings. The van der Waals surface area contributed by atoms with Crippen LogP contribution >= 0.6 is 39.1 Å². The highest BCUT2D eigenvalue weighted by Crippen LogP contribution is 2.37. The van der Waals surface area contributed by atoms with Gasteiger partial charge in [-0.25, -0.2) is 4.98 Å². The number of nitrogens with one attached hydrogen (secondary N) is 1. The molecule has 0 amide bonds. The van der Waals surface area contributed by atoms with Crippen LogP contribution in [0.5, 0.6) is 11.5 Å². The molecule has 0 aliphatic carbocycles. The van der Waals surface area contributed by atoms with E-state index in [-0.39, 0.29) is 16.4 Å². The third kappa shape index (κ3) is 4.41. The molecule has 0 aliphatic heterocycles. The molecule has 28 heavy (non-hydrogen) atoms. The molecule has 0 saturated heterocycles. The summed E-state index contributed by atoms with van der Waals surface area (Å²) in [4.78, 5) is 19.4. The summed E-state index contributed by atoms with van der Waals surface area (Å²) in [5.41, 5.74) is 0.897. The zero-order chi connectivity index (χ0) is 20.3. The zero-order valence-electron chi connectivity index (χ0n) is 14.8. The van der Waals surface area contributed by atoms with Crippen LogP contribution < -0.4 is 15.0 Å². The molecule has 3 rings (SSSR count). The van der Waals surface area contributed by atoms with E-state index in [1.807, 2.05) is 6.07 Å². The van der Waals surface area contributed by atoms with Gasteiger partial charge in [-0.15, -0.1) is 0 Å². The van der Waals surface area contributed by atoms with Gasteiger partial charge in [-0.1, -0.05) is 35.9 Å². The molecule has 1 aromatic heterocycles. The lowest BCUT2D eigenvalue weighted by Gasteiger charge is -2.12. The molecule has 0 atom stereocenters. The number of hydrogen-bond acceptors (Lipinski definition) is 4. The Kier molecular flexibility index (Phi) is 6.44. The van der Waals surface area contributed by atoms with Gasteiger partial charge in [0, 0.05) is 5.02 Å². The molecule has 8 heteroatoms. The first-order valence-corrected chi connectivity index (χ1v) is 9.66. The van der Waals surface area contributed by atoms with Crippen LogP contribution in [-0.4, -0.2) is 23.7 Å². The molecular weight excluding hydrogens is 467 g/mol. The van der Waals surface area contributed by atoms with Crippen molar-refractivity contribution in [2.75, 3.05) is 13.7 Å². The second-order valence-electron chi connectivity index (χ2n) is 5.70. The van der Waals surface area contributed by atoms with Gasteiger partial charge in [-0.05, 0) is 57.9 Å². The van der Waals surface area contributed by atoms with Crippen molar-refractivity contribution in [1.82, 2.24) is 9.97 Å². The number of hydrogen-bond donors (Lipinski definition) is 1. The minimum atomic E-state index is -0.296. The summed E-state index contributed by atoms with van der Waals surface area (Å²) >= 11 is 15.9. The van der Waals surface area contributed by atoms with Gasteiger partial charge in [0.15, 0.2) is 17.3 Å². The second-order valence-corrected chi connectivity index (χ2v) is 7.40. The van der Waals surface area contributed by atoms with Gasteiger partial charge in [0.2, 0.25) is 0 Å². The van der Waals surface area contributed by atoms with Crippen LogP contribution in [0.3, 0.4) is 0 Å². The van der Waals surface area contributed by atoms with Crippen molar-refractivity contribution >= 4 is 61.1 Å². The predicted molar refractivity (Wildman–Crippen MR) is 117 cm³/mol. The lowest BCUT2D eigenvalue weighted by atomic mass is 10.1. The SMILES string of the molecule is C=CCOc1c(Br)cc(/C=C(/Cl)c2nc3cc(Cl)ccc3c(=O)[nH]2)cc1OC. The van der Waals surface area contributed by atoms with Crippen LogP contribution in [0.15, 0.2) is 52.3 Å². The smallest absolute Gasteiger partial charge is 0.259 e. The number of methoxy groups -OCH3 is 1. The summed E-state index contributed by atoms with van der Waals surface area (Å²) in [6, 6.07) is 8.46. The van der Waals surface area contributed by atoms with E-state index in [0.717, 1.165) is 5.56 Å². The Labute approximate surface area is 179 Å². The molecule has 0 radical (unpaired) electrons. The molecule has 0 spiro atoms. The first kappa shape index (κ1) is 20.5. The minimum absolute atomic E-state index is 0.239. The highest BCUT2D eigenvalue weighted by atomic mass is 79.9. The van der Waals surface area contributed by atoms with Crippen molar-refractivity contribution in [3.63, 3.8) is 0 Å². The first-order valence-electron chi connectivity index (χ1n) is 8.11. The molecular formula is C20H15BrCl2N2O3. The highest BCUT2D eigenvalue weighted by Gasteiger charge is 2.12. The molecule has 2 aromatic carbocycles. The Hall–Kier alpha value is -2.28. The Morgan fingerprint density at radius 1 is 1.36 bits per heavy atom. The number of rotatable bonds is 6. The Morgan fingerprint density at radius 2 is 2.14 bits per heavy atom. The van der Waals surface area contributed by atoms with E-state index < -0.39 is 0 Å². The summed E-state index contributed by atoms with van der Waals surface area (Å²) in [6.07, 6.45) is 3.31. The normalized spacial score (nSPS) is 11.5. The van der Waals surface area contributed by atoms with E-state index in [0.29, 0.717) is 38.5 Å². The number of H-pyrrole nitrogens is 1.